The molecule has 16 heavy (non-hydrogen) atoms. The van der Waals surface area contributed by atoms with E-state index in [0.29, 0.717) is 6.04 Å². The van der Waals surface area contributed by atoms with E-state index in [1.165, 1.54) is 18.9 Å². The molecule has 0 aliphatic heterocycles. The molecule has 1 fully saturated rings. The molecule has 2 rings (SSSR count). The zero-order valence-electron chi connectivity index (χ0n) is 9.26. The molecule has 0 aromatic heterocycles. The van der Waals surface area contributed by atoms with Crippen LogP contribution in [-0.4, -0.2) is 6.04 Å². The van der Waals surface area contributed by atoms with Crippen LogP contribution in [0.15, 0.2) is 22.7 Å². The summed E-state index contributed by atoms with van der Waals surface area (Å²) in [4.78, 5) is 0. The fraction of sp³-hybridized carbons (Fsp3) is 0.538. The summed E-state index contributed by atoms with van der Waals surface area (Å²) in [6.45, 7) is 0. The van der Waals surface area contributed by atoms with Gasteiger partial charge >= 0.3 is 0 Å². The van der Waals surface area contributed by atoms with Crippen LogP contribution in [0.25, 0.3) is 0 Å². The maximum Gasteiger partial charge on any atom is 0.127 e. The van der Waals surface area contributed by atoms with E-state index >= 15 is 0 Å². The monoisotopic (exact) mass is 285 g/mol. The highest BCUT2D eigenvalue weighted by molar-refractivity contribution is 9.10. The van der Waals surface area contributed by atoms with Gasteiger partial charge in [-0.3, -0.25) is 0 Å². The van der Waals surface area contributed by atoms with Crippen molar-refractivity contribution in [3.63, 3.8) is 0 Å². The lowest BCUT2D eigenvalue weighted by molar-refractivity contribution is 0.521. The maximum absolute atomic E-state index is 13.5. The maximum atomic E-state index is 13.5. The lowest BCUT2D eigenvalue weighted by atomic mass is 10.0. The Morgan fingerprint density at radius 2 is 2.19 bits per heavy atom. The van der Waals surface area contributed by atoms with Crippen molar-refractivity contribution in [2.75, 3.05) is 0 Å². The Morgan fingerprint density at radius 3 is 2.81 bits per heavy atom. The molecule has 1 aliphatic rings. The van der Waals surface area contributed by atoms with Crippen molar-refractivity contribution in [2.45, 2.75) is 38.1 Å². The van der Waals surface area contributed by atoms with Crippen LogP contribution in [0.2, 0.25) is 0 Å². The van der Waals surface area contributed by atoms with E-state index < -0.39 is 0 Å². The third kappa shape index (κ3) is 3.29. The Kier molecular flexibility index (Phi) is 3.98. The van der Waals surface area contributed by atoms with Crippen LogP contribution in [0.4, 0.5) is 4.39 Å². The molecule has 1 aliphatic carbocycles. The van der Waals surface area contributed by atoms with Crippen molar-refractivity contribution >= 4 is 15.9 Å². The molecule has 0 spiro atoms. The highest BCUT2D eigenvalue weighted by Crippen LogP contribution is 2.33. The SMILES string of the molecule is NC(CCCc1ccc(Br)cc1F)C1CC1. The normalized spacial score (nSPS) is 17.4. The van der Waals surface area contributed by atoms with E-state index in [0.717, 1.165) is 35.2 Å². The van der Waals surface area contributed by atoms with Crippen LogP contribution in [0.1, 0.15) is 31.2 Å². The minimum Gasteiger partial charge on any atom is -0.327 e. The highest BCUT2D eigenvalue weighted by atomic mass is 79.9. The summed E-state index contributed by atoms with van der Waals surface area (Å²) in [6, 6.07) is 5.59. The first kappa shape index (κ1) is 12.1. The average Bonchev–Trinajstić information content (AvgIpc) is 3.04. The third-order valence-electron chi connectivity index (χ3n) is 3.23. The molecule has 0 heterocycles. The summed E-state index contributed by atoms with van der Waals surface area (Å²) >= 11 is 3.25. The largest absolute Gasteiger partial charge is 0.327 e. The molecule has 0 bridgehead atoms. The van der Waals surface area contributed by atoms with Crippen molar-refractivity contribution in [1.29, 1.82) is 0 Å². The zero-order valence-corrected chi connectivity index (χ0v) is 10.8. The summed E-state index contributed by atoms with van der Waals surface area (Å²) in [5.41, 5.74) is 6.80. The van der Waals surface area contributed by atoms with Gasteiger partial charge in [0, 0.05) is 10.5 Å². The summed E-state index contributed by atoms with van der Waals surface area (Å²) < 4.78 is 14.3. The fourth-order valence-corrected chi connectivity index (χ4v) is 2.35. The lowest BCUT2D eigenvalue weighted by Crippen LogP contribution is -2.22. The summed E-state index contributed by atoms with van der Waals surface area (Å²) in [5, 5.41) is 0. The van der Waals surface area contributed by atoms with Crippen LogP contribution < -0.4 is 5.73 Å². The number of hydrogen-bond acceptors (Lipinski definition) is 1. The van der Waals surface area contributed by atoms with Crippen LogP contribution in [-0.2, 0) is 6.42 Å². The van der Waals surface area contributed by atoms with Crippen molar-refractivity contribution in [3.05, 3.63) is 34.1 Å². The van der Waals surface area contributed by atoms with Crippen molar-refractivity contribution < 1.29 is 4.39 Å². The molecular weight excluding hydrogens is 269 g/mol. The molecule has 2 N–H and O–H groups in total. The molecule has 88 valence electrons. The Labute approximate surface area is 104 Å². The van der Waals surface area contributed by atoms with E-state index in [1.54, 1.807) is 0 Å². The quantitative estimate of drug-likeness (QED) is 0.878. The highest BCUT2D eigenvalue weighted by Gasteiger charge is 2.27. The molecule has 0 radical (unpaired) electrons. The van der Waals surface area contributed by atoms with E-state index in [1.807, 2.05) is 12.1 Å². The zero-order chi connectivity index (χ0) is 11.5. The van der Waals surface area contributed by atoms with E-state index in [-0.39, 0.29) is 5.82 Å². The van der Waals surface area contributed by atoms with Gasteiger partial charge in [-0.1, -0.05) is 22.0 Å². The van der Waals surface area contributed by atoms with Gasteiger partial charge in [0.1, 0.15) is 5.82 Å². The smallest absolute Gasteiger partial charge is 0.127 e. The minimum atomic E-state index is -0.116. The molecular formula is C13H17BrFN. The van der Waals surface area contributed by atoms with Crippen molar-refractivity contribution in [2.24, 2.45) is 11.7 Å². The fourth-order valence-electron chi connectivity index (χ4n) is 2.01. The van der Waals surface area contributed by atoms with Crippen LogP contribution in [0, 0.1) is 11.7 Å². The predicted octanol–water partition coefficient (Wildman–Crippen LogP) is 3.65. The van der Waals surface area contributed by atoms with Crippen molar-refractivity contribution in [1.82, 2.24) is 0 Å². The minimum absolute atomic E-state index is 0.116. The molecule has 1 atom stereocenters. The number of nitrogens with two attached hydrogens (primary N) is 1. The molecule has 0 saturated heterocycles. The standard InChI is InChI=1S/C13H17BrFN/c14-11-7-6-9(12(15)8-11)2-1-3-13(16)10-4-5-10/h6-8,10,13H,1-5,16H2. The van der Waals surface area contributed by atoms with E-state index in [4.69, 9.17) is 5.73 Å². The second-order valence-electron chi connectivity index (χ2n) is 4.63. The first-order valence-electron chi connectivity index (χ1n) is 5.86. The topological polar surface area (TPSA) is 26.0 Å². The van der Waals surface area contributed by atoms with Gasteiger partial charge in [-0.25, -0.2) is 4.39 Å². The third-order valence-corrected chi connectivity index (χ3v) is 3.72. The summed E-state index contributed by atoms with van der Waals surface area (Å²) in [6.07, 6.45) is 5.36. The van der Waals surface area contributed by atoms with Gasteiger partial charge in [-0.05, 0) is 55.7 Å². The Bertz CT molecular complexity index is 363. The number of rotatable bonds is 5. The Hall–Kier alpha value is -0.410. The van der Waals surface area contributed by atoms with Crippen LogP contribution >= 0.6 is 15.9 Å². The molecule has 1 nitrogen and oxygen atoms in total. The molecule has 1 saturated carbocycles. The number of aryl methyl sites for hydroxylation is 1. The van der Waals surface area contributed by atoms with Crippen LogP contribution in [0.3, 0.4) is 0 Å². The summed E-state index contributed by atoms with van der Waals surface area (Å²) in [5.74, 6) is 0.629. The molecule has 1 aromatic carbocycles. The second-order valence-corrected chi connectivity index (χ2v) is 5.54. The first-order valence-corrected chi connectivity index (χ1v) is 6.65. The van der Waals surface area contributed by atoms with E-state index in [9.17, 15) is 4.39 Å². The van der Waals surface area contributed by atoms with Gasteiger partial charge < -0.3 is 5.73 Å². The molecule has 3 heteroatoms. The first-order chi connectivity index (χ1) is 7.66. The second kappa shape index (κ2) is 5.28. The molecule has 1 unspecified atom stereocenters. The van der Waals surface area contributed by atoms with Gasteiger partial charge in [0.2, 0.25) is 0 Å². The number of halogens is 2. The van der Waals surface area contributed by atoms with Gasteiger partial charge in [-0.2, -0.15) is 0 Å². The summed E-state index contributed by atoms with van der Waals surface area (Å²) in [7, 11) is 0. The van der Waals surface area contributed by atoms with Gasteiger partial charge in [0.15, 0.2) is 0 Å². The van der Waals surface area contributed by atoms with Gasteiger partial charge in [-0.15, -0.1) is 0 Å². The molecule has 0 amide bonds. The van der Waals surface area contributed by atoms with E-state index in [2.05, 4.69) is 15.9 Å². The predicted molar refractivity (Wildman–Crippen MR) is 67.7 cm³/mol. The lowest BCUT2D eigenvalue weighted by Gasteiger charge is -2.10. The van der Waals surface area contributed by atoms with Gasteiger partial charge in [0.05, 0.1) is 0 Å². The Morgan fingerprint density at radius 1 is 1.44 bits per heavy atom. The molecule has 1 aromatic rings. The Balaban J connectivity index is 1.80. The van der Waals surface area contributed by atoms with Crippen molar-refractivity contribution in [3.8, 4) is 0 Å². The number of benzene rings is 1. The van der Waals surface area contributed by atoms with Gasteiger partial charge in [0.25, 0.3) is 0 Å². The number of hydrogen-bond donors (Lipinski definition) is 1. The van der Waals surface area contributed by atoms with Crippen LogP contribution in [0.5, 0.6) is 0 Å². The average molecular weight is 286 g/mol.